The highest BCUT2D eigenvalue weighted by molar-refractivity contribution is 5.90. The zero-order chi connectivity index (χ0) is 26.8. The van der Waals surface area contributed by atoms with Gasteiger partial charge < -0.3 is 35.9 Å². The maximum atomic E-state index is 13.1. The van der Waals surface area contributed by atoms with Crippen molar-refractivity contribution in [2.24, 2.45) is 5.73 Å². The minimum Gasteiger partial charge on any atom is -0.464 e. The summed E-state index contributed by atoms with van der Waals surface area (Å²) in [6, 6.07) is 14.3. The van der Waals surface area contributed by atoms with Crippen molar-refractivity contribution in [2.75, 3.05) is 13.7 Å². The molecule has 9 heteroatoms. The van der Waals surface area contributed by atoms with E-state index >= 15 is 0 Å². The molecule has 6 N–H and O–H groups in total. The van der Waals surface area contributed by atoms with Gasteiger partial charge in [-0.15, -0.1) is 0 Å². The lowest BCUT2D eigenvalue weighted by atomic mass is 10.0. The average molecular weight is 506 g/mol. The molecule has 2 heterocycles. The van der Waals surface area contributed by atoms with Crippen molar-refractivity contribution in [1.82, 2.24) is 20.6 Å². The van der Waals surface area contributed by atoms with Crippen LogP contribution in [-0.2, 0) is 32.0 Å². The third-order valence-electron chi connectivity index (χ3n) is 5.97. The molecule has 3 atom stereocenters. The van der Waals surface area contributed by atoms with E-state index in [-0.39, 0.29) is 18.6 Å². The minimum absolute atomic E-state index is 0.240. The van der Waals surface area contributed by atoms with Gasteiger partial charge in [0, 0.05) is 40.6 Å². The summed E-state index contributed by atoms with van der Waals surface area (Å²) < 4.78 is 5.25. The molecule has 0 fully saturated rings. The number of amides is 1. The highest BCUT2D eigenvalue weighted by atomic mass is 16.5. The zero-order valence-electron chi connectivity index (χ0n) is 21.4. The van der Waals surface area contributed by atoms with Crippen molar-refractivity contribution in [3.05, 3.63) is 72.1 Å². The van der Waals surface area contributed by atoms with Crippen molar-refractivity contribution < 1.29 is 19.1 Å². The topological polar surface area (TPSA) is 142 Å². The molecule has 37 heavy (non-hydrogen) atoms. The Kier molecular flexibility index (Phi) is 10.00. The lowest BCUT2D eigenvalue weighted by Crippen LogP contribution is -2.51. The van der Waals surface area contributed by atoms with Crippen LogP contribution in [0.15, 0.2) is 60.9 Å². The summed E-state index contributed by atoms with van der Waals surface area (Å²) >= 11 is 0. The number of nitrogens with one attached hydrogen (secondary N) is 4. The summed E-state index contributed by atoms with van der Waals surface area (Å²) in [4.78, 5) is 41.7. The Hall–Kier alpha value is -3.95. The number of hydrogen-bond donors (Lipinski definition) is 5. The molecule has 196 valence electrons. The number of ether oxygens (including phenoxy) is 1. The van der Waals surface area contributed by atoms with E-state index in [1.165, 1.54) is 0 Å². The number of para-hydroxylation sites is 2. The molecule has 0 spiro atoms. The van der Waals surface area contributed by atoms with E-state index in [0.29, 0.717) is 19.1 Å². The van der Waals surface area contributed by atoms with Gasteiger partial charge in [0.25, 0.3) is 0 Å². The molecule has 9 nitrogen and oxygen atoms in total. The fourth-order valence-electron chi connectivity index (χ4n) is 4.08. The molecule has 0 aliphatic rings. The van der Waals surface area contributed by atoms with E-state index in [0.717, 1.165) is 32.9 Å². The molecule has 2 aromatic heterocycles. The molecule has 1 amide bonds. The van der Waals surface area contributed by atoms with E-state index in [9.17, 15) is 14.4 Å². The molecule has 0 saturated carbocycles. The van der Waals surface area contributed by atoms with Crippen LogP contribution in [0.5, 0.6) is 0 Å². The first-order chi connectivity index (χ1) is 17.9. The van der Waals surface area contributed by atoms with Gasteiger partial charge in [-0.2, -0.15) is 0 Å². The van der Waals surface area contributed by atoms with E-state index < -0.39 is 18.1 Å². The van der Waals surface area contributed by atoms with Crippen LogP contribution in [0.2, 0.25) is 0 Å². The second-order valence-corrected chi connectivity index (χ2v) is 8.78. The lowest BCUT2D eigenvalue weighted by Gasteiger charge is -2.21. The number of likely N-dealkylation sites (N-methyl/N-ethyl adjacent to an activating group) is 1. The van der Waals surface area contributed by atoms with Gasteiger partial charge in [-0.3, -0.25) is 4.79 Å². The number of rotatable bonds is 10. The average Bonchev–Trinajstić information content (AvgIpc) is 3.51. The van der Waals surface area contributed by atoms with Crippen LogP contribution >= 0.6 is 0 Å². The van der Waals surface area contributed by atoms with Gasteiger partial charge in [-0.05, 0) is 50.6 Å². The Labute approximate surface area is 216 Å². The normalized spacial score (nSPS) is 13.3. The van der Waals surface area contributed by atoms with Crippen molar-refractivity contribution >= 4 is 40.0 Å². The number of carbonyl (C=O) groups is 3. The van der Waals surface area contributed by atoms with Crippen LogP contribution in [0.3, 0.4) is 0 Å². The lowest BCUT2D eigenvalue weighted by molar-refractivity contribution is -0.147. The molecule has 2 unspecified atom stereocenters. The van der Waals surface area contributed by atoms with Crippen molar-refractivity contribution in [2.45, 2.75) is 44.8 Å². The van der Waals surface area contributed by atoms with Gasteiger partial charge in [0.1, 0.15) is 12.3 Å². The molecule has 0 saturated heterocycles. The van der Waals surface area contributed by atoms with Gasteiger partial charge in [-0.25, -0.2) is 4.79 Å². The summed E-state index contributed by atoms with van der Waals surface area (Å²) in [5, 5.41) is 8.11. The Morgan fingerprint density at radius 1 is 0.946 bits per heavy atom. The van der Waals surface area contributed by atoms with E-state index in [2.05, 4.69) is 20.6 Å². The fraction of sp³-hybridized carbons (Fsp3) is 0.321. The Morgan fingerprint density at radius 2 is 1.43 bits per heavy atom. The number of aromatic amines is 2. The maximum absolute atomic E-state index is 13.1. The highest BCUT2D eigenvalue weighted by Crippen LogP contribution is 2.21. The third kappa shape index (κ3) is 7.28. The predicted molar refractivity (Wildman–Crippen MR) is 145 cm³/mol. The predicted octanol–water partition coefficient (Wildman–Crippen LogP) is 2.60. The minimum atomic E-state index is -0.777. The summed E-state index contributed by atoms with van der Waals surface area (Å²) in [6.45, 7) is 3.65. The third-order valence-corrected chi connectivity index (χ3v) is 5.97. The quantitative estimate of drug-likeness (QED) is 0.166. The largest absolute Gasteiger partial charge is 0.464 e. The highest BCUT2D eigenvalue weighted by Gasteiger charge is 2.27. The zero-order valence-corrected chi connectivity index (χ0v) is 21.4. The second-order valence-electron chi connectivity index (χ2n) is 8.78. The van der Waals surface area contributed by atoms with E-state index in [4.69, 9.17) is 10.5 Å². The number of benzene rings is 2. The summed E-state index contributed by atoms with van der Waals surface area (Å²) in [6.07, 6.45) is 5.34. The van der Waals surface area contributed by atoms with Crippen molar-refractivity contribution in [3.63, 3.8) is 0 Å². The molecule has 2 aromatic carbocycles. The van der Waals surface area contributed by atoms with Crippen LogP contribution in [0.4, 0.5) is 0 Å². The number of hydrogen-bond acceptors (Lipinski definition) is 6. The van der Waals surface area contributed by atoms with Crippen LogP contribution < -0.4 is 16.4 Å². The Bertz CT molecular complexity index is 1330. The van der Waals surface area contributed by atoms with Crippen LogP contribution in [0.1, 0.15) is 25.0 Å². The monoisotopic (exact) mass is 505 g/mol. The maximum Gasteiger partial charge on any atom is 0.328 e. The summed E-state index contributed by atoms with van der Waals surface area (Å²) in [5.74, 6) is -0.677. The molecular formula is C28H35N5O4. The fourth-order valence-corrected chi connectivity index (χ4v) is 4.08. The van der Waals surface area contributed by atoms with Crippen LogP contribution in [0, 0.1) is 0 Å². The number of aldehydes is 1. The number of fused-ring (bicyclic) bond motifs is 2. The van der Waals surface area contributed by atoms with Crippen LogP contribution in [0.25, 0.3) is 21.8 Å². The number of carbonyl (C=O) groups excluding carboxylic acids is 3. The molecule has 0 bridgehead atoms. The van der Waals surface area contributed by atoms with Gasteiger partial charge in [0.2, 0.25) is 5.91 Å². The standard InChI is InChI=1S/C25H28N4O3.C3H7NO/c1-3-32-25(31)23(13-17-15-28-21-11-7-5-9-19(17)21)29-24(30)22(26-2)12-16-14-27-20-10-6-4-8-18(16)20;1-3(4)2-5/h4-11,14-15,22-23,26-28H,3,12-13H2,1-2H3,(H,29,30);2-3H,4H2,1H3/t;3-/m.1/s1. The molecule has 0 aliphatic heterocycles. The molecule has 4 rings (SSSR count). The SMILES string of the molecule is CCOC(=O)C(Cc1c[nH]c2ccccc12)NC(=O)C(Cc1c[nH]c2ccccc12)NC.C[C@@H](N)C=O. The molecular weight excluding hydrogens is 470 g/mol. The number of nitrogens with two attached hydrogens (primary N) is 1. The number of aromatic nitrogens is 2. The number of esters is 1. The second kappa shape index (κ2) is 13.4. The first-order valence-corrected chi connectivity index (χ1v) is 12.3. The smallest absolute Gasteiger partial charge is 0.328 e. The molecule has 0 aliphatic carbocycles. The molecule has 0 radical (unpaired) electrons. The molecule has 4 aromatic rings. The Morgan fingerprint density at radius 3 is 1.89 bits per heavy atom. The van der Waals surface area contributed by atoms with E-state index in [1.54, 1.807) is 20.9 Å². The van der Waals surface area contributed by atoms with Gasteiger partial charge in [-0.1, -0.05) is 36.4 Å². The van der Waals surface area contributed by atoms with E-state index in [1.807, 2.05) is 60.9 Å². The first kappa shape index (κ1) is 27.6. The van der Waals surface area contributed by atoms with Gasteiger partial charge in [0.15, 0.2) is 0 Å². The first-order valence-electron chi connectivity index (χ1n) is 12.3. The van der Waals surface area contributed by atoms with Crippen LogP contribution in [-0.4, -0.2) is 59.9 Å². The van der Waals surface area contributed by atoms with Gasteiger partial charge >= 0.3 is 5.97 Å². The van der Waals surface area contributed by atoms with Crippen molar-refractivity contribution in [1.29, 1.82) is 0 Å². The number of H-pyrrole nitrogens is 2. The summed E-state index contributed by atoms with van der Waals surface area (Å²) in [5.41, 5.74) is 8.94. The summed E-state index contributed by atoms with van der Waals surface area (Å²) in [7, 11) is 1.75. The Balaban J connectivity index is 0.000000695. The van der Waals surface area contributed by atoms with Crippen molar-refractivity contribution in [3.8, 4) is 0 Å². The van der Waals surface area contributed by atoms with Gasteiger partial charge in [0.05, 0.1) is 18.7 Å².